The van der Waals surface area contributed by atoms with Crippen molar-refractivity contribution in [2.45, 2.75) is 13.3 Å². The molecule has 0 bridgehead atoms. The highest BCUT2D eigenvalue weighted by Crippen LogP contribution is 2.31. The highest BCUT2D eigenvalue weighted by Gasteiger charge is 2.16. The number of rotatable bonds is 3. The lowest BCUT2D eigenvalue weighted by molar-refractivity contribution is 0.737. The van der Waals surface area contributed by atoms with Crippen LogP contribution in [0.1, 0.15) is 17.8 Å². The molecule has 0 saturated heterocycles. The summed E-state index contributed by atoms with van der Waals surface area (Å²) in [5.41, 5.74) is 8.69. The van der Waals surface area contributed by atoms with Crippen molar-refractivity contribution < 1.29 is 0 Å². The van der Waals surface area contributed by atoms with E-state index in [1.165, 1.54) is 5.57 Å². The number of nitrogens with zero attached hydrogens (tertiary/aromatic N) is 5. The molecule has 3 N–H and O–H groups in total. The van der Waals surface area contributed by atoms with Crippen LogP contribution in [-0.4, -0.2) is 47.8 Å². The molecule has 0 radical (unpaired) electrons. The van der Waals surface area contributed by atoms with Crippen molar-refractivity contribution in [1.82, 2.24) is 40.0 Å². The summed E-state index contributed by atoms with van der Waals surface area (Å²) < 4.78 is 1.99. The summed E-state index contributed by atoms with van der Waals surface area (Å²) in [6.45, 7) is 3.84. The number of hydrogen-bond donors (Lipinski definition) is 3. The second-order valence-electron chi connectivity index (χ2n) is 7.57. The molecule has 30 heavy (non-hydrogen) atoms. The summed E-state index contributed by atoms with van der Waals surface area (Å²) in [4.78, 5) is 17.1. The Bertz CT molecular complexity index is 1420. The van der Waals surface area contributed by atoms with E-state index < -0.39 is 0 Å². The van der Waals surface area contributed by atoms with E-state index in [1.807, 2.05) is 36.4 Å². The van der Waals surface area contributed by atoms with Crippen molar-refractivity contribution >= 4 is 27.5 Å². The summed E-state index contributed by atoms with van der Waals surface area (Å²) in [6, 6.07) is 6.23. The smallest absolute Gasteiger partial charge is 0.135 e. The van der Waals surface area contributed by atoms with Gasteiger partial charge in [0.25, 0.3) is 0 Å². The third-order valence-corrected chi connectivity index (χ3v) is 5.57. The van der Waals surface area contributed by atoms with Gasteiger partial charge in [-0.1, -0.05) is 6.08 Å². The fraction of sp³-hybridized carbons (Fsp3) is 0.182. The van der Waals surface area contributed by atoms with Crippen LogP contribution in [0, 0.1) is 6.92 Å². The average Bonchev–Trinajstić information content (AvgIpc) is 3.51. The minimum Gasteiger partial charge on any atom is -0.352 e. The third kappa shape index (κ3) is 2.73. The summed E-state index contributed by atoms with van der Waals surface area (Å²) in [6.07, 6.45) is 10.7. The Kier molecular flexibility index (Phi) is 3.78. The first-order chi connectivity index (χ1) is 14.8. The van der Waals surface area contributed by atoms with Crippen LogP contribution >= 0.6 is 0 Å². The predicted molar refractivity (Wildman–Crippen MR) is 116 cm³/mol. The molecule has 0 saturated carbocycles. The van der Waals surface area contributed by atoms with Gasteiger partial charge in [0.2, 0.25) is 0 Å². The quantitative estimate of drug-likeness (QED) is 0.434. The first kappa shape index (κ1) is 17.1. The Labute approximate surface area is 172 Å². The SMILES string of the molecule is Cc1cn(-c2cncc3[nH]c(-c4n[nH]c5ccc(C6=CCNCC6)nc45)cc23)cn1. The molecule has 8 heteroatoms. The topological polar surface area (TPSA) is 100 Å². The van der Waals surface area contributed by atoms with Crippen LogP contribution in [0.15, 0.2) is 49.2 Å². The summed E-state index contributed by atoms with van der Waals surface area (Å²) in [7, 11) is 0. The molecule has 1 aliphatic heterocycles. The van der Waals surface area contributed by atoms with E-state index in [4.69, 9.17) is 4.98 Å². The van der Waals surface area contributed by atoms with Gasteiger partial charge in [-0.15, -0.1) is 0 Å². The molecule has 6 heterocycles. The molecule has 1 aliphatic rings. The van der Waals surface area contributed by atoms with Crippen molar-refractivity contribution in [2.24, 2.45) is 0 Å². The normalized spacial score (nSPS) is 14.5. The van der Waals surface area contributed by atoms with Crippen LogP contribution in [0.3, 0.4) is 0 Å². The number of aryl methyl sites for hydroxylation is 1. The molecule has 0 aliphatic carbocycles. The fourth-order valence-electron chi connectivity index (χ4n) is 4.04. The zero-order chi connectivity index (χ0) is 20.1. The molecule has 0 unspecified atom stereocenters. The maximum absolute atomic E-state index is 4.95. The summed E-state index contributed by atoms with van der Waals surface area (Å²) in [5, 5.41) is 12.1. The van der Waals surface area contributed by atoms with E-state index in [2.05, 4.69) is 54.7 Å². The molecular formula is C22H20N8. The lowest BCUT2D eigenvalue weighted by Gasteiger charge is -2.13. The molecule has 6 rings (SSSR count). The number of pyridine rings is 2. The van der Waals surface area contributed by atoms with Gasteiger partial charge in [-0.2, -0.15) is 5.10 Å². The van der Waals surface area contributed by atoms with Crippen LogP contribution in [0.4, 0.5) is 0 Å². The van der Waals surface area contributed by atoms with Crippen molar-refractivity contribution in [2.75, 3.05) is 13.1 Å². The number of nitrogens with one attached hydrogen (secondary N) is 3. The van der Waals surface area contributed by atoms with Crippen molar-refractivity contribution in [3.05, 3.63) is 60.6 Å². The van der Waals surface area contributed by atoms with Gasteiger partial charge in [-0.3, -0.25) is 10.1 Å². The minimum absolute atomic E-state index is 0.811. The van der Waals surface area contributed by atoms with Crippen LogP contribution < -0.4 is 5.32 Å². The molecule has 8 nitrogen and oxygen atoms in total. The number of imidazole rings is 1. The number of fused-ring (bicyclic) bond motifs is 2. The Hall–Kier alpha value is -3.78. The number of aromatic nitrogens is 7. The molecule has 148 valence electrons. The van der Waals surface area contributed by atoms with E-state index in [0.29, 0.717) is 0 Å². The molecule has 5 aromatic heterocycles. The zero-order valence-electron chi connectivity index (χ0n) is 16.5. The van der Waals surface area contributed by atoms with Crippen LogP contribution in [-0.2, 0) is 0 Å². The highest BCUT2D eigenvalue weighted by molar-refractivity contribution is 5.96. The molecular weight excluding hydrogens is 376 g/mol. The van der Waals surface area contributed by atoms with Gasteiger partial charge in [0.05, 0.1) is 52.5 Å². The summed E-state index contributed by atoms with van der Waals surface area (Å²) in [5.74, 6) is 0. The van der Waals surface area contributed by atoms with Gasteiger partial charge in [0, 0.05) is 18.1 Å². The second-order valence-corrected chi connectivity index (χ2v) is 7.57. The third-order valence-electron chi connectivity index (χ3n) is 5.57. The lowest BCUT2D eigenvalue weighted by atomic mass is 10.0. The first-order valence-corrected chi connectivity index (χ1v) is 9.99. The molecule has 0 spiro atoms. The first-order valence-electron chi connectivity index (χ1n) is 9.99. The standard InChI is InChI=1S/C22H20N8/c1-13-11-30(12-25-13)20-10-24-9-19-15(20)8-18(26-19)22-21-17(28-29-22)3-2-16(27-21)14-4-6-23-7-5-14/h2-4,8-12,23,26H,5-7H2,1H3,(H,28,29). The fourth-order valence-corrected chi connectivity index (χ4v) is 4.04. The van der Waals surface area contributed by atoms with E-state index in [-0.39, 0.29) is 0 Å². The Morgan fingerprint density at radius 3 is 2.93 bits per heavy atom. The van der Waals surface area contributed by atoms with Crippen molar-refractivity contribution in [3.63, 3.8) is 0 Å². The average molecular weight is 396 g/mol. The number of hydrogen-bond acceptors (Lipinski definition) is 5. The van der Waals surface area contributed by atoms with Crippen LogP contribution in [0.2, 0.25) is 0 Å². The van der Waals surface area contributed by atoms with E-state index in [1.54, 1.807) is 0 Å². The lowest BCUT2D eigenvalue weighted by Crippen LogP contribution is -2.20. The number of aromatic amines is 2. The molecule has 0 atom stereocenters. The minimum atomic E-state index is 0.811. The van der Waals surface area contributed by atoms with Gasteiger partial charge in [0.15, 0.2) is 0 Å². The van der Waals surface area contributed by atoms with Gasteiger partial charge in [-0.25, -0.2) is 9.97 Å². The maximum atomic E-state index is 4.95. The maximum Gasteiger partial charge on any atom is 0.135 e. The van der Waals surface area contributed by atoms with Gasteiger partial charge in [-0.05, 0) is 43.7 Å². The molecule has 0 fully saturated rings. The van der Waals surface area contributed by atoms with Crippen molar-refractivity contribution in [1.29, 1.82) is 0 Å². The molecule has 0 aromatic carbocycles. The van der Waals surface area contributed by atoms with Crippen LogP contribution in [0.25, 0.3) is 44.6 Å². The van der Waals surface area contributed by atoms with Gasteiger partial charge < -0.3 is 14.9 Å². The predicted octanol–water partition coefficient (Wildman–Crippen LogP) is 3.37. The Balaban J connectivity index is 1.49. The number of H-pyrrole nitrogens is 2. The Morgan fingerprint density at radius 1 is 1.13 bits per heavy atom. The van der Waals surface area contributed by atoms with Gasteiger partial charge >= 0.3 is 0 Å². The van der Waals surface area contributed by atoms with Crippen molar-refractivity contribution in [3.8, 4) is 17.1 Å². The monoisotopic (exact) mass is 396 g/mol. The Morgan fingerprint density at radius 2 is 2.10 bits per heavy atom. The van der Waals surface area contributed by atoms with Crippen LogP contribution in [0.5, 0.6) is 0 Å². The molecule has 5 aromatic rings. The molecule has 0 amide bonds. The van der Waals surface area contributed by atoms with Gasteiger partial charge in [0.1, 0.15) is 11.2 Å². The van der Waals surface area contributed by atoms with E-state index in [9.17, 15) is 0 Å². The highest BCUT2D eigenvalue weighted by atomic mass is 15.1. The summed E-state index contributed by atoms with van der Waals surface area (Å²) >= 11 is 0. The largest absolute Gasteiger partial charge is 0.352 e. The zero-order valence-corrected chi connectivity index (χ0v) is 16.5. The van der Waals surface area contributed by atoms with E-state index >= 15 is 0 Å². The van der Waals surface area contributed by atoms with E-state index in [0.717, 1.165) is 69.9 Å². The second kappa shape index (κ2) is 6.64.